The first-order valence-corrected chi connectivity index (χ1v) is 17.9. The Morgan fingerprint density at radius 3 is 2.79 bits per heavy atom. The zero-order chi connectivity index (χ0) is 26.8. The number of hydrogen-bond acceptors (Lipinski definition) is 8. The third-order valence-corrected chi connectivity index (χ3v) is 15.4. The van der Waals surface area contributed by atoms with Crippen molar-refractivity contribution in [2.45, 2.75) is 62.5 Å². The highest BCUT2D eigenvalue weighted by Gasteiger charge is 2.45. The highest BCUT2D eigenvalue weighted by Crippen LogP contribution is 2.41. The molecule has 0 spiro atoms. The van der Waals surface area contributed by atoms with Crippen molar-refractivity contribution in [2.75, 3.05) is 12.3 Å². The predicted octanol–water partition coefficient (Wildman–Crippen LogP) is 4.31. The molecule has 6 rings (SSSR count). The van der Waals surface area contributed by atoms with Gasteiger partial charge in [0.2, 0.25) is 0 Å². The molecule has 3 aromatic rings. The Kier molecular flexibility index (Phi) is 6.37. The number of cyclic esters (lactones) is 1. The van der Waals surface area contributed by atoms with E-state index in [1.807, 2.05) is 30.0 Å². The van der Waals surface area contributed by atoms with Crippen molar-refractivity contribution in [3.8, 4) is 11.4 Å². The van der Waals surface area contributed by atoms with E-state index in [9.17, 15) is 14.7 Å². The molecular weight excluding hydrogens is 535 g/mol. The van der Waals surface area contributed by atoms with E-state index in [1.54, 1.807) is 17.6 Å². The minimum Gasteiger partial charge on any atom is -0.458 e. The molecule has 1 unspecified atom stereocenters. The van der Waals surface area contributed by atoms with Crippen molar-refractivity contribution in [1.29, 1.82) is 0 Å². The van der Waals surface area contributed by atoms with E-state index >= 15 is 0 Å². The molecule has 0 saturated carbocycles. The zero-order valence-electron chi connectivity index (χ0n) is 21.8. The van der Waals surface area contributed by atoms with Crippen molar-refractivity contribution in [3.63, 3.8) is 0 Å². The van der Waals surface area contributed by atoms with Crippen LogP contribution in [-0.4, -0.2) is 50.9 Å². The van der Waals surface area contributed by atoms with Crippen LogP contribution in [0.15, 0.2) is 40.1 Å². The van der Waals surface area contributed by atoms with E-state index < -0.39 is 19.6 Å². The molecule has 0 amide bonds. The van der Waals surface area contributed by atoms with Gasteiger partial charge in [0.25, 0.3) is 5.56 Å². The Labute approximate surface area is 232 Å². The fraction of sp³-hybridized carbons (Fsp3) is 0.429. The van der Waals surface area contributed by atoms with E-state index in [-0.39, 0.29) is 23.5 Å². The monoisotopic (exact) mass is 565 g/mol. The van der Waals surface area contributed by atoms with Gasteiger partial charge in [0.15, 0.2) is 5.60 Å². The summed E-state index contributed by atoms with van der Waals surface area (Å²) >= 11 is 6.87. The summed E-state index contributed by atoms with van der Waals surface area (Å²) < 4.78 is 6.95. The van der Waals surface area contributed by atoms with Crippen molar-refractivity contribution in [1.82, 2.24) is 9.55 Å². The number of aliphatic hydroxyl groups is 1. The van der Waals surface area contributed by atoms with Gasteiger partial charge in [-0.15, -0.1) is 11.8 Å². The molecule has 0 bridgehead atoms. The Hall–Kier alpha value is -2.40. The lowest BCUT2D eigenvalue weighted by Gasteiger charge is -2.31. The van der Waals surface area contributed by atoms with Gasteiger partial charge < -0.3 is 14.4 Å². The molecule has 2 aromatic heterocycles. The molecule has 5 heterocycles. The number of aliphatic imine (C=N–C) groups is 1. The molecule has 1 aromatic carbocycles. The number of thiol groups is 1. The third kappa shape index (κ3) is 3.91. The minimum atomic E-state index is -1.83. The van der Waals surface area contributed by atoms with Crippen LogP contribution in [0, 0.1) is 0 Å². The lowest BCUT2D eigenvalue weighted by molar-refractivity contribution is -0.172. The number of esters is 1. The number of aryl methyl sites for hydroxylation is 1. The number of fused-ring (bicyclic) bond motifs is 5. The number of nitrogens with zero attached hydrogens (tertiary/aromatic N) is 3. The van der Waals surface area contributed by atoms with Gasteiger partial charge in [0.05, 0.1) is 42.1 Å². The second-order valence-corrected chi connectivity index (χ2v) is 18.2. The second kappa shape index (κ2) is 9.36. The summed E-state index contributed by atoms with van der Waals surface area (Å²) in [6.45, 7) is 7.65. The third-order valence-electron chi connectivity index (χ3n) is 8.32. The van der Waals surface area contributed by atoms with Crippen molar-refractivity contribution in [3.05, 3.63) is 62.9 Å². The molecule has 0 saturated heterocycles. The Balaban J connectivity index is 1.46. The second-order valence-electron chi connectivity index (χ2n) is 11.0. The number of thioether (sulfide) groups is 1. The van der Waals surface area contributed by atoms with Crippen LogP contribution < -0.4 is 5.56 Å². The number of ether oxygens (including phenoxy) is 1. The van der Waals surface area contributed by atoms with Gasteiger partial charge >= 0.3 is 5.97 Å². The first-order valence-electron chi connectivity index (χ1n) is 13.1. The van der Waals surface area contributed by atoms with E-state index in [0.29, 0.717) is 23.4 Å². The number of para-hydroxylation sites is 1. The van der Waals surface area contributed by atoms with Crippen LogP contribution in [0.25, 0.3) is 22.3 Å². The van der Waals surface area contributed by atoms with E-state index in [1.165, 1.54) is 10.6 Å². The van der Waals surface area contributed by atoms with Gasteiger partial charge in [-0.3, -0.25) is 9.79 Å². The topological polar surface area (TPSA) is 93.8 Å². The number of rotatable bonds is 6. The molecule has 0 radical (unpaired) electrons. The standard InChI is InChI=1S/C28H31N3O4S2Si/c1-4-28(34)20-13-22-23-18(14-31(22)25(32)19(20)15-35-27(28)33)16(17-7-5-6-8-21(17)30-23)9-12-38(2,3)26(36)24-29-10-11-37-24/h5-8,13,26,34,36H,4,9-12,14-15H2,1-3H3/t26?,28-/m0/s1. The molecule has 0 fully saturated rings. The highest BCUT2D eigenvalue weighted by molar-refractivity contribution is 8.15. The lowest BCUT2D eigenvalue weighted by atomic mass is 9.86. The largest absolute Gasteiger partial charge is 0.458 e. The molecule has 3 aliphatic rings. The summed E-state index contributed by atoms with van der Waals surface area (Å²) in [5.74, 6) is 0.334. The van der Waals surface area contributed by atoms with Crippen LogP contribution >= 0.6 is 24.4 Å². The molecule has 198 valence electrons. The molecule has 38 heavy (non-hydrogen) atoms. The summed E-state index contributed by atoms with van der Waals surface area (Å²) in [5.41, 5.74) is 3.18. The van der Waals surface area contributed by atoms with Gasteiger partial charge in [-0.05, 0) is 30.5 Å². The Morgan fingerprint density at radius 1 is 1.26 bits per heavy atom. The summed E-state index contributed by atoms with van der Waals surface area (Å²) in [7, 11) is -1.78. The lowest BCUT2D eigenvalue weighted by Crippen LogP contribution is -2.44. The number of pyridine rings is 2. The maximum Gasteiger partial charge on any atom is 0.343 e. The Bertz CT molecular complexity index is 1580. The number of carbonyl (C=O) groups excluding carboxylic acids is 1. The molecular formula is C28H31N3O4S2Si. The number of benzene rings is 1. The van der Waals surface area contributed by atoms with Crippen LogP contribution in [0.4, 0.5) is 0 Å². The first-order chi connectivity index (χ1) is 18.2. The fourth-order valence-corrected chi connectivity index (χ4v) is 10.4. The smallest absolute Gasteiger partial charge is 0.343 e. The van der Waals surface area contributed by atoms with E-state index in [4.69, 9.17) is 27.3 Å². The maximum atomic E-state index is 13.7. The average Bonchev–Trinajstić information content (AvgIpc) is 3.57. The number of aromatic nitrogens is 2. The Morgan fingerprint density at radius 2 is 2.05 bits per heavy atom. The van der Waals surface area contributed by atoms with Crippen LogP contribution in [0.5, 0.6) is 0 Å². The molecule has 2 atom stereocenters. The summed E-state index contributed by atoms with van der Waals surface area (Å²) in [4.78, 5) is 36.1. The highest BCUT2D eigenvalue weighted by atomic mass is 32.2. The molecule has 10 heteroatoms. The van der Waals surface area contributed by atoms with Gasteiger partial charge in [-0.1, -0.05) is 44.3 Å². The average molecular weight is 566 g/mol. The quantitative estimate of drug-likeness (QED) is 0.206. The molecule has 3 aliphatic heterocycles. The molecule has 7 nitrogen and oxygen atoms in total. The van der Waals surface area contributed by atoms with Crippen LogP contribution in [-0.2, 0) is 34.7 Å². The number of hydrogen-bond donors (Lipinski definition) is 2. The van der Waals surface area contributed by atoms with E-state index in [2.05, 4.69) is 19.2 Å². The predicted molar refractivity (Wildman–Crippen MR) is 158 cm³/mol. The number of carbonyl (C=O) groups is 1. The van der Waals surface area contributed by atoms with Gasteiger partial charge in [-0.25, -0.2) is 9.78 Å². The fourth-order valence-electron chi connectivity index (χ4n) is 5.83. The summed E-state index contributed by atoms with van der Waals surface area (Å²) in [6.07, 6.45) is 0.988. The van der Waals surface area contributed by atoms with Crippen LogP contribution in [0.2, 0.25) is 19.1 Å². The van der Waals surface area contributed by atoms with Crippen molar-refractivity contribution in [2.24, 2.45) is 4.99 Å². The van der Waals surface area contributed by atoms with Gasteiger partial charge in [0, 0.05) is 33.7 Å². The molecule has 0 aliphatic carbocycles. The van der Waals surface area contributed by atoms with Gasteiger partial charge in [-0.2, -0.15) is 12.6 Å². The van der Waals surface area contributed by atoms with Crippen LogP contribution in [0.1, 0.15) is 35.6 Å². The maximum absolute atomic E-state index is 13.7. The normalized spacial score (nSPS) is 21.1. The first kappa shape index (κ1) is 25.9. The van der Waals surface area contributed by atoms with Crippen molar-refractivity contribution >= 4 is 54.4 Å². The zero-order valence-corrected chi connectivity index (χ0v) is 24.5. The van der Waals surface area contributed by atoms with Crippen molar-refractivity contribution < 1.29 is 14.6 Å². The van der Waals surface area contributed by atoms with Crippen LogP contribution in [0.3, 0.4) is 0 Å². The van der Waals surface area contributed by atoms with Gasteiger partial charge in [0.1, 0.15) is 6.61 Å². The summed E-state index contributed by atoms with van der Waals surface area (Å²) in [5, 5.41) is 13.5. The van der Waals surface area contributed by atoms with E-state index in [0.717, 1.165) is 46.9 Å². The summed E-state index contributed by atoms with van der Waals surface area (Å²) in [6, 6.07) is 10.9. The SMILES string of the molecule is CC[C@@]1(O)C(=O)OCc2c1cc1n(c2=O)Cc2c-1nc1ccccc1c2CC[Si](C)(C)C(S)C1=NCCS1. The molecule has 1 N–H and O–H groups in total. The minimum absolute atomic E-state index is 0.124.